The van der Waals surface area contributed by atoms with Crippen molar-refractivity contribution in [2.24, 2.45) is 5.92 Å². The summed E-state index contributed by atoms with van der Waals surface area (Å²) in [4.78, 5) is 22.2. The smallest absolute Gasteiger partial charge is 0.332 e. The molecule has 1 heterocycles. The molecule has 1 rings (SSSR count). The van der Waals surface area contributed by atoms with Gasteiger partial charge in [-0.25, -0.2) is 4.79 Å². The Bertz CT molecular complexity index is 310. The van der Waals surface area contributed by atoms with Crippen molar-refractivity contribution < 1.29 is 19.8 Å². The van der Waals surface area contributed by atoms with Gasteiger partial charge in [0.1, 0.15) is 6.10 Å². The fraction of sp³-hybridized carbons (Fsp3) is 0.556. The zero-order valence-corrected chi connectivity index (χ0v) is 8.07. The Balaban J connectivity index is 3.20. The highest BCUT2D eigenvalue weighted by atomic mass is 16.4. The topological polar surface area (TPSA) is 86.6 Å². The van der Waals surface area contributed by atoms with Crippen LogP contribution in [0.4, 0.5) is 0 Å². The van der Waals surface area contributed by atoms with E-state index in [0.29, 0.717) is 0 Å². The number of aliphatic hydroxyl groups excluding tert-OH is 1. The maximum atomic E-state index is 11.2. The molecule has 1 amide bonds. The van der Waals surface area contributed by atoms with E-state index in [4.69, 9.17) is 5.11 Å². The Morgan fingerprint density at radius 2 is 2.14 bits per heavy atom. The fourth-order valence-corrected chi connectivity index (χ4v) is 1.61. The second kappa shape index (κ2) is 3.09. The number of amides is 1. The van der Waals surface area contributed by atoms with Crippen LogP contribution in [0.25, 0.3) is 0 Å². The summed E-state index contributed by atoms with van der Waals surface area (Å²) in [7, 11) is 0. The Hall–Kier alpha value is -1.36. The number of hydrogen-bond acceptors (Lipinski definition) is 3. The molecule has 1 fully saturated rings. The van der Waals surface area contributed by atoms with E-state index in [-0.39, 0.29) is 5.57 Å². The molecule has 14 heavy (non-hydrogen) atoms. The van der Waals surface area contributed by atoms with E-state index in [9.17, 15) is 14.7 Å². The lowest BCUT2D eigenvalue weighted by Gasteiger charge is -2.31. The summed E-state index contributed by atoms with van der Waals surface area (Å²) in [5, 5.41) is 21.0. The van der Waals surface area contributed by atoms with Gasteiger partial charge in [0.25, 0.3) is 0 Å². The van der Waals surface area contributed by atoms with Crippen LogP contribution in [0.2, 0.25) is 0 Å². The van der Waals surface area contributed by atoms with Crippen molar-refractivity contribution >= 4 is 11.9 Å². The Morgan fingerprint density at radius 3 is 2.29 bits per heavy atom. The molecule has 0 aliphatic carbocycles. The number of nitrogens with one attached hydrogen (secondary N) is 1. The van der Waals surface area contributed by atoms with Gasteiger partial charge in [0.05, 0.1) is 0 Å². The lowest BCUT2D eigenvalue weighted by molar-refractivity contribution is -0.151. The zero-order valence-electron chi connectivity index (χ0n) is 8.07. The molecule has 0 saturated carbocycles. The minimum absolute atomic E-state index is 0.0962. The third-order valence-corrected chi connectivity index (χ3v) is 2.64. The molecule has 3 N–H and O–H groups in total. The molecule has 0 aromatic rings. The van der Waals surface area contributed by atoms with Gasteiger partial charge in [-0.2, -0.15) is 0 Å². The molecule has 1 saturated heterocycles. The quantitative estimate of drug-likeness (QED) is 0.524. The van der Waals surface area contributed by atoms with Crippen LogP contribution in [0.15, 0.2) is 12.2 Å². The van der Waals surface area contributed by atoms with Crippen LogP contribution in [-0.2, 0) is 9.59 Å². The van der Waals surface area contributed by atoms with E-state index < -0.39 is 29.4 Å². The normalized spacial score (nSPS) is 32.1. The van der Waals surface area contributed by atoms with Crippen LogP contribution in [-0.4, -0.2) is 33.7 Å². The standard InChI is InChI=1S/C9H13NO4/c1-4(2)9(8(13)14)6(11)5(3)7(12)10-9/h4,6,11H,3H2,1-2H3,(H,10,12)(H,13,14)/t6-,9+/m1/s1. The highest BCUT2D eigenvalue weighted by Crippen LogP contribution is 2.31. The number of hydrogen-bond donors (Lipinski definition) is 3. The van der Waals surface area contributed by atoms with Crippen molar-refractivity contribution in [3.63, 3.8) is 0 Å². The van der Waals surface area contributed by atoms with Gasteiger partial charge in [0, 0.05) is 5.57 Å². The van der Waals surface area contributed by atoms with Gasteiger partial charge < -0.3 is 15.5 Å². The van der Waals surface area contributed by atoms with Crippen LogP contribution in [0.1, 0.15) is 13.8 Å². The van der Waals surface area contributed by atoms with Crippen LogP contribution < -0.4 is 5.32 Å². The molecule has 0 unspecified atom stereocenters. The minimum atomic E-state index is -1.63. The van der Waals surface area contributed by atoms with Gasteiger partial charge in [0.2, 0.25) is 5.91 Å². The van der Waals surface area contributed by atoms with Crippen molar-refractivity contribution in [3.05, 3.63) is 12.2 Å². The maximum Gasteiger partial charge on any atom is 0.332 e. The average Bonchev–Trinajstić information content (AvgIpc) is 2.30. The first-order valence-electron chi connectivity index (χ1n) is 4.26. The van der Waals surface area contributed by atoms with E-state index in [1.54, 1.807) is 13.8 Å². The monoisotopic (exact) mass is 199 g/mol. The highest BCUT2D eigenvalue weighted by Gasteiger charge is 2.56. The van der Waals surface area contributed by atoms with Crippen molar-refractivity contribution in [1.29, 1.82) is 0 Å². The largest absolute Gasteiger partial charge is 0.479 e. The van der Waals surface area contributed by atoms with Crippen molar-refractivity contribution in [2.75, 3.05) is 0 Å². The molecule has 5 heteroatoms. The fourth-order valence-electron chi connectivity index (χ4n) is 1.61. The SMILES string of the molecule is C=C1C(=O)N[C@@](C(=O)O)(C(C)C)[C@@H]1O. The van der Waals surface area contributed by atoms with Gasteiger partial charge in [-0.1, -0.05) is 20.4 Å². The molecule has 0 radical (unpaired) electrons. The summed E-state index contributed by atoms with van der Waals surface area (Å²) in [5.41, 5.74) is -1.73. The van der Waals surface area contributed by atoms with Gasteiger partial charge in [0.15, 0.2) is 5.54 Å². The van der Waals surface area contributed by atoms with Gasteiger partial charge >= 0.3 is 5.97 Å². The zero-order chi connectivity index (χ0) is 11.1. The van der Waals surface area contributed by atoms with E-state index in [0.717, 1.165) is 0 Å². The first-order valence-corrected chi connectivity index (χ1v) is 4.26. The summed E-state index contributed by atoms with van der Waals surface area (Å²) >= 11 is 0. The Labute approximate surface area is 81.4 Å². The molecular weight excluding hydrogens is 186 g/mol. The molecule has 1 aliphatic heterocycles. The van der Waals surface area contributed by atoms with Gasteiger partial charge in [-0.05, 0) is 5.92 Å². The third-order valence-electron chi connectivity index (χ3n) is 2.64. The highest BCUT2D eigenvalue weighted by molar-refractivity contribution is 6.03. The lowest BCUT2D eigenvalue weighted by atomic mass is 9.82. The predicted octanol–water partition coefficient (Wildman–Crippen LogP) is -0.487. The Kier molecular flexibility index (Phi) is 2.37. The second-order valence-corrected chi connectivity index (χ2v) is 3.71. The molecule has 2 atom stereocenters. The maximum absolute atomic E-state index is 11.2. The number of carboxylic acid groups (broad SMARTS) is 1. The molecule has 0 bridgehead atoms. The third kappa shape index (κ3) is 1.13. The molecule has 0 aromatic carbocycles. The summed E-state index contributed by atoms with van der Waals surface area (Å²) in [6.07, 6.45) is -1.37. The summed E-state index contributed by atoms with van der Waals surface area (Å²) in [5.74, 6) is -2.26. The number of rotatable bonds is 2. The van der Waals surface area contributed by atoms with E-state index in [1.165, 1.54) is 0 Å². The minimum Gasteiger partial charge on any atom is -0.479 e. The van der Waals surface area contributed by atoms with Gasteiger partial charge in [-0.3, -0.25) is 4.79 Å². The van der Waals surface area contributed by atoms with Crippen LogP contribution in [0, 0.1) is 5.92 Å². The second-order valence-electron chi connectivity index (χ2n) is 3.71. The van der Waals surface area contributed by atoms with Crippen molar-refractivity contribution in [3.8, 4) is 0 Å². The number of carboxylic acids is 1. The summed E-state index contributed by atoms with van der Waals surface area (Å²) in [6, 6.07) is 0. The average molecular weight is 199 g/mol. The summed E-state index contributed by atoms with van der Waals surface area (Å²) < 4.78 is 0. The Morgan fingerprint density at radius 1 is 1.64 bits per heavy atom. The number of aliphatic hydroxyl groups is 1. The molecule has 0 aromatic heterocycles. The number of carbonyl (C=O) groups excluding carboxylic acids is 1. The van der Waals surface area contributed by atoms with E-state index in [2.05, 4.69) is 11.9 Å². The molecule has 5 nitrogen and oxygen atoms in total. The lowest BCUT2D eigenvalue weighted by Crippen LogP contribution is -2.59. The van der Waals surface area contributed by atoms with E-state index in [1.807, 2.05) is 0 Å². The number of aliphatic carboxylic acids is 1. The summed E-state index contributed by atoms with van der Waals surface area (Å²) in [6.45, 7) is 6.59. The number of carbonyl (C=O) groups is 2. The first kappa shape index (κ1) is 10.7. The van der Waals surface area contributed by atoms with Crippen LogP contribution in [0.5, 0.6) is 0 Å². The molecular formula is C9H13NO4. The van der Waals surface area contributed by atoms with Gasteiger partial charge in [-0.15, -0.1) is 0 Å². The van der Waals surface area contributed by atoms with Crippen LogP contribution in [0.3, 0.4) is 0 Å². The molecule has 0 spiro atoms. The first-order chi connectivity index (χ1) is 6.34. The predicted molar refractivity (Wildman–Crippen MR) is 48.5 cm³/mol. The van der Waals surface area contributed by atoms with Crippen molar-refractivity contribution in [1.82, 2.24) is 5.32 Å². The molecule has 1 aliphatic rings. The molecule has 78 valence electrons. The van der Waals surface area contributed by atoms with Crippen molar-refractivity contribution in [2.45, 2.75) is 25.5 Å². The van der Waals surface area contributed by atoms with Crippen LogP contribution >= 0.6 is 0 Å². The van der Waals surface area contributed by atoms with E-state index >= 15 is 0 Å².